The molecule has 0 heterocycles. The molecule has 0 aromatic carbocycles. The minimum atomic E-state index is -0.382. The third-order valence-electron chi connectivity index (χ3n) is 3.14. The van der Waals surface area contributed by atoms with Gasteiger partial charge in [-0.3, -0.25) is 0 Å². The van der Waals surface area contributed by atoms with Gasteiger partial charge in [0.1, 0.15) is 0 Å². The van der Waals surface area contributed by atoms with Crippen molar-refractivity contribution in [1.82, 2.24) is 5.32 Å². The van der Waals surface area contributed by atoms with Gasteiger partial charge in [-0.25, -0.2) is 0 Å². The molecule has 1 aliphatic rings. The van der Waals surface area contributed by atoms with Gasteiger partial charge in [0, 0.05) is 12.1 Å². The van der Waals surface area contributed by atoms with Gasteiger partial charge in [0.25, 0.3) is 0 Å². The van der Waals surface area contributed by atoms with Crippen LogP contribution in [0.1, 0.15) is 47.0 Å². The molecule has 1 saturated carbocycles. The van der Waals surface area contributed by atoms with Crippen LogP contribution in [0.25, 0.3) is 0 Å². The Kier molecular flexibility index (Phi) is 5.22. The second-order valence-electron chi connectivity index (χ2n) is 5.87. The zero-order valence-electron chi connectivity index (χ0n) is 11.1. The Hall–Kier alpha value is -0.120. The summed E-state index contributed by atoms with van der Waals surface area (Å²) < 4.78 is 5.61. The lowest BCUT2D eigenvalue weighted by Crippen LogP contribution is -2.37. The molecule has 2 unspecified atom stereocenters. The highest BCUT2D eigenvalue weighted by Crippen LogP contribution is 2.33. The maximum Gasteiger partial charge on any atom is 0.0898 e. The monoisotopic (exact) mass is 229 g/mol. The highest BCUT2D eigenvalue weighted by molar-refractivity contribution is 4.97. The first-order valence-corrected chi connectivity index (χ1v) is 6.46. The summed E-state index contributed by atoms with van der Waals surface area (Å²) in [4.78, 5) is 0. The van der Waals surface area contributed by atoms with Crippen LogP contribution in [0.3, 0.4) is 0 Å². The van der Waals surface area contributed by atoms with E-state index < -0.39 is 0 Å². The number of aliphatic hydroxyl groups excluding tert-OH is 1. The highest BCUT2D eigenvalue weighted by Gasteiger charge is 2.36. The van der Waals surface area contributed by atoms with E-state index >= 15 is 0 Å². The third kappa shape index (κ3) is 5.83. The lowest BCUT2D eigenvalue weighted by molar-refractivity contribution is -0.00938. The van der Waals surface area contributed by atoms with Crippen molar-refractivity contribution in [2.24, 2.45) is 5.92 Å². The fraction of sp³-hybridized carbons (Fsp3) is 1.00. The molecule has 0 spiro atoms. The van der Waals surface area contributed by atoms with E-state index in [2.05, 4.69) is 33.0 Å². The molecule has 0 amide bonds. The average molecular weight is 229 g/mol. The van der Waals surface area contributed by atoms with E-state index in [4.69, 9.17) is 4.74 Å². The SMILES string of the molecule is CC(C)CC(C)OCC(O)CNC1(C)CC1. The van der Waals surface area contributed by atoms with E-state index in [0.29, 0.717) is 24.6 Å². The minimum Gasteiger partial charge on any atom is -0.389 e. The predicted molar refractivity (Wildman–Crippen MR) is 66.5 cm³/mol. The Balaban J connectivity index is 2.02. The summed E-state index contributed by atoms with van der Waals surface area (Å²) in [6, 6.07) is 0. The summed E-state index contributed by atoms with van der Waals surface area (Å²) in [5.74, 6) is 0.649. The fourth-order valence-corrected chi connectivity index (χ4v) is 1.79. The standard InChI is InChI=1S/C13H27NO2/c1-10(2)7-11(3)16-9-12(15)8-14-13(4)5-6-13/h10-12,14-15H,5-9H2,1-4H3. The van der Waals surface area contributed by atoms with Gasteiger partial charge in [-0.05, 0) is 39.0 Å². The van der Waals surface area contributed by atoms with E-state index in [1.165, 1.54) is 12.8 Å². The van der Waals surface area contributed by atoms with Crippen molar-refractivity contribution in [2.45, 2.75) is 64.7 Å². The molecule has 96 valence electrons. The van der Waals surface area contributed by atoms with Crippen LogP contribution < -0.4 is 5.32 Å². The molecule has 3 nitrogen and oxygen atoms in total. The maximum atomic E-state index is 9.74. The van der Waals surface area contributed by atoms with E-state index in [-0.39, 0.29) is 12.2 Å². The van der Waals surface area contributed by atoms with Gasteiger partial charge in [-0.1, -0.05) is 13.8 Å². The van der Waals surface area contributed by atoms with Crippen molar-refractivity contribution in [1.29, 1.82) is 0 Å². The molecule has 0 aromatic heterocycles. The molecule has 0 radical (unpaired) electrons. The average Bonchev–Trinajstić information content (AvgIpc) is 2.90. The molecular formula is C13H27NO2. The summed E-state index contributed by atoms with van der Waals surface area (Å²) in [7, 11) is 0. The van der Waals surface area contributed by atoms with Gasteiger partial charge in [0.2, 0.25) is 0 Å². The van der Waals surface area contributed by atoms with Crippen molar-refractivity contribution >= 4 is 0 Å². The van der Waals surface area contributed by atoms with Gasteiger partial charge in [-0.15, -0.1) is 0 Å². The lowest BCUT2D eigenvalue weighted by atomic mass is 10.1. The van der Waals surface area contributed by atoms with Crippen molar-refractivity contribution in [3.8, 4) is 0 Å². The van der Waals surface area contributed by atoms with Crippen molar-refractivity contribution in [3.05, 3.63) is 0 Å². The molecule has 2 N–H and O–H groups in total. The lowest BCUT2D eigenvalue weighted by Gasteiger charge is -2.19. The van der Waals surface area contributed by atoms with E-state index in [1.807, 2.05) is 0 Å². The molecule has 1 aliphatic carbocycles. The van der Waals surface area contributed by atoms with Gasteiger partial charge >= 0.3 is 0 Å². The zero-order valence-corrected chi connectivity index (χ0v) is 11.1. The first-order valence-electron chi connectivity index (χ1n) is 6.46. The van der Waals surface area contributed by atoms with Gasteiger partial charge in [0.15, 0.2) is 0 Å². The number of rotatable bonds is 8. The topological polar surface area (TPSA) is 41.5 Å². The van der Waals surface area contributed by atoms with Crippen LogP contribution in [-0.4, -0.2) is 36.0 Å². The van der Waals surface area contributed by atoms with Crippen LogP contribution in [-0.2, 0) is 4.74 Å². The van der Waals surface area contributed by atoms with Gasteiger partial charge < -0.3 is 15.2 Å². The van der Waals surface area contributed by atoms with Crippen LogP contribution in [0, 0.1) is 5.92 Å². The summed E-state index contributed by atoms with van der Waals surface area (Å²) in [6.45, 7) is 9.73. The third-order valence-corrected chi connectivity index (χ3v) is 3.14. The highest BCUT2D eigenvalue weighted by atomic mass is 16.5. The molecule has 0 bridgehead atoms. The second kappa shape index (κ2) is 5.99. The van der Waals surface area contributed by atoms with Crippen LogP contribution in [0.15, 0.2) is 0 Å². The molecule has 2 atom stereocenters. The summed E-state index contributed by atoms with van der Waals surface area (Å²) in [6.07, 6.45) is 3.37. The van der Waals surface area contributed by atoms with Crippen LogP contribution in [0.2, 0.25) is 0 Å². The molecule has 0 aromatic rings. The van der Waals surface area contributed by atoms with Crippen molar-refractivity contribution in [3.63, 3.8) is 0 Å². The first kappa shape index (κ1) is 13.9. The number of ether oxygens (including phenoxy) is 1. The molecular weight excluding hydrogens is 202 g/mol. The van der Waals surface area contributed by atoms with Crippen molar-refractivity contribution < 1.29 is 9.84 Å². The van der Waals surface area contributed by atoms with Crippen LogP contribution in [0.5, 0.6) is 0 Å². The zero-order chi connectivity index (χ0) is 12.2. The molecule has 0 saturated heterocycles. The number of β-amino-alcohol motifs (C(OH)–C–C–N with tert-alkyl or cyclic N) is 1. The molecule has 16 heavy (non-hydrogen) atoms. The number of hydrogen-bond acceptors (Lipinski definition) is 3. The normalized spacial score (nSPS) is 22.1. The smallest absolute Gasteiger partial charge is 0.0898 e. The largest absolute Gasteiger partial charge is 0.389 e. The first-order chi connectivity index (χ1) is 7.41. The van der Waals surface area contributed by atoms with E-state index in [0.717, 1.165) is 6.42 Å². The quantitative estimate of drug-likeness (QED) is 0.668. The number of hydrogen-bond donors (Lipinski definition) is 2. The Labute approximate surface area is 99.6 Å². The van der Waals surface area contributed by atoms with Gasteiger partial charge in [0.05, 0.1) is 18.8 Å². The summed E-state index contributed by atoms with van der Waals surface area (Å²) >= 11 is 0. The van der Waals surface area contributed by atoms with Crippen LogP contribution >= 0.6 is 0 Å². The van der Waals surface area contributed by atoms with E-state index in [1.54, 1.807) is 0 Å². The van der Waals surface area contributed by atoms with Crippen LogP contribution in [0.4, 0.5) is 0 Å². The second-order valence-corrected chi connectivity index (χ2v) is 5.87. The molecule has 1 fully saturated rings. The fourth-order valence-electron chi connectivity index (χ4n) is 1.79. The van der Waals surface area contributed by atoms with E-state index in [9.17, 15) is 5.11 Å². The minimum absolute atomic E-state index is 0.242. The van der Waals surface area contributed by atoms with Crippen molar-refractivity contribution in [2.75, 3.05) is 13.2 Å². The molecule has 1 rings (SSSR count). The predicted octanol–water partition coefficient (Wildman–Crippen LogP) is 1.94. The Morgan fingerprint density at radius 2 is 1.94 bits per heavy atom. The number of nitrogens with one attached hydrogen (secondary N) is 1. The number of aliphatic hydroxyl groups is 1. The Morgan fingerprint density at radius 3 is 2.44 bits per heavy atom. The Bertz CT molecular complexity index is 202. The summed E-state index contributed by atoms with van der Waals surface area (Å²) in [5.41, 5.74) is 0.296. The maximum absolute atomic E-state index is 9.74. The summed E-state index contributed by atoms with van der Waals surface area (Å²) in [5, 5.41) is 13.1. The van der Waals surface area contributed by atoms with Gasteiger partial charge in [-0.2, -0.15) is 0 Å². The molecule has 0 aliphatic heterocycles. The Morgan fingerprint density at radius 1 is 1.31 bits per heavy atom. The molecule has 3 heteroatoms.